The third kappa shape index (κ3) is 4.35. The van der Waals surface area contributed by atoms with Crippen LogP contribution in [0, 0.1) is 0 Å². The van der Waals surface area contributed by atoms with Crippen molar-refractivity contribution in [2.24, 2.45) is 0 Å². The Morgan fingerprint density at radius 2 is 1.91 bits per heavy atom. The molecule has 0 unspecified atom stereocenters. The Balaban J connectivity index is 1.57. The van der Waals surface area contributed by atoms with Crippen LogP contribution in [0.15, 0.2) is 54.7 Å². The first-order valence-electron chi connectivity index (χ1n) is 10.1. The molecule has 9 nitrogen and oxygen atoms in total. The molecular weight excluding hydrogens is 430 g/mol. The summed E-state index contributed by atoms with van der Waals surface area (Å²) in [6.07, 6.45) is 4.19. The molecule has 3 aromatic rings. The molecule has 0 radical (unpaired) electrons. The van der Waals surface area contributed by atoms with Crippen molar-refractivity contribution < 1.29 is 18.0 Å². The van der Waals surface area contributed by atoms with Gasteiger partial charge in [0.1, 0.15) is 0 Å². The molecule has 1 aliphatic rings. The summed E-state index contributed by atoms with van der Waals surface area (Å²) in [5.41, 5.74) is 3.89. The number of aromatic nitrogens is 2. The van der Waals surface area contributed by atoms with Crippen molar-refractivity contribution in [1.82, 2.24) is 14.5 Å². The monoisotopic (exact) mass is 453 g/mol. The maximum atomic E-state index is 12.9. The Labute approximate surface area is 186 Å². The van der Waals surface area contributed by atoms with Gasteiger partial charge in [-0.1, -0.05) is 18.2 Å². The number of urea groups is 1. The number of amides is 3. The predicted molar refractivity (Wildman–Crippen MR) is 122 cm³/mol. The molecule has 4 rings (SSSR count). The maximum Gasteiger partial charge on any atom is 0.321 e. The van der Waals surface area contributed by atoms with Crippen LogP contribution in [0.3, 0.4) is 0 Å². The predicted octanol–water partition coefficient (Wildman–Crippen LogP) is 2.70. The van der Waals surface area contributed by atoms with Crippen LogP contribution in [0.5, 0.6) is 0 Å². The number of anilines is 2. The lowest BCUT2D eigenvalue weighted by Crippen LogP contribution is -2.41. The van der Waals surface area contributed by atoms with Gasteiger partial charge in [0.25, 0.3) is 15.9 Å². The van der Waals surface area contributed by atoms with Gasteiger partial charge in [-0.05, 0) is 48.7 Å². The van der Waals surface area contributed by atoms with Crippen molar-refractivity contribution in [2.75, 3.05) is 30.1 Å². The number of hydrogen-bond acceptors (Lipinski definition) is 5. The summed E-state index contributed by atoms with van der Waals surface area (Å²) >= 11 is 0. The Morgan fingerprint density at radius 1 is 1.09 bits per heavy atom. The molecule has 0 spiro atoms. The van der Waals surface area contributed by atoms with Crippen LogP contribution in [-0.4, -0.2) is 49.4 Å². The molecule has 0 fully saturated rings. The van der Waals surface area contributed by atoms with E-state index in [1.165, 1.54) is 6.20 Å². The van der Waals surface area contributed by atoms with Crippen molar-refractivity contribution in [2.45, 2.75) is 12.8 Å². The van der Waals surface area contributed by atoms with Gasteiger partial charge in [0.15, 0.2) is 0 Å². The summed E-state index contributed by atoms with van der Waals surface area (Å²) in [5.74, 6) is -0.323. The molecule has 2 aromatic carbocycles. The lowest BCUT2D eigenvalue weighted by molar-refractivity contribution is 0.102. The van der Waals surface area contributed by atoms with Gasteiger partial charge in [-0.15, -0.1) is 0 Å². The van der Waals surface area contributed by atoms with E-state index in [9.17, 15) is 18.0 Å². The lowest BCUT2D eigenvalue weighted by Gasteiger charge is -2.29. The smallest absolute Gasteiger partial charge is 0.321 e. The van der Waals surface area contributed by atoms with E-state index in [4.69, 9.17) is 0 Å². The van der Waals surface area contributed by atoms with Crippen LogP contribution in [0.1, 0.15) is 22.3 Å². The first-order valence-corrected chi connectivity index (χ1v) is 11.9. The molecular formula is C22H23N5O4S. The Hall–Kier alpha value is -3.66. The number of hydrogen-bond donors (Lipinski definition) is 2. The summed E-state index contributed by atoms with van der Waals surface area (Å²) in [5, 5.41) is 9.59. The number of carbonyl (C=O) groups excluding carboxylic acids is 2. The Morgan fingerprint density at radius 3 is 2.62 bits per heavy atom. The molecule has 2 N–H and O–H groups in total. The number of carbonyl (C=O) groups is 2. The van der Waals surface area contributed by atoms with Crippen LogP contribution in [-0.2, 0) is 16.4 Å². The van der Waals surface area contributed by atoms with Crippen molar-refractivity contribution >= 4 is 33.3 Å². The second-order valence-corrected chi connectivity index (χ2v) is 9.37. The Bertz CT molecular complexity index is 1300. The minimum absolute atomic E-state index is 0.185. The summed E-state index contributed by atoms with van der Waals surface area (Å²) in [4.78, 5) is 26.8. The zero-order valence-electron chi connectivity index (χ0n) is 17.7. The van der Waals surface area contributed by atoms with Crippen LogP contribution in [0.25, 0.3) is 11.3 Å². The highest BCUT2D eigenvalue weighted by atomic mass is 32.2. The molecule has 0 atom stereocenters. The van der Waals surface area contributed by atoms with Gasteiger partial charge in [0, 0.05) is 36.6 Å². The molecule has 1 aromatic heterocycles. The van der Waals surface area contributed by atoms with E-state index in [2.05, 4.69) is 15.7 Å². The van der Waals surface area contributed by atoms with Gasteiger partial charge >= 0.3 is 6.03 Å². The van der Waals surface area contributed by atoms with Gasteiger partial charge in [-0.2, -0.15) is 9.19 Å². The topological polar surface area (TPSA) is 113 Å². The molecule has 166 valence electrons. The molecule has 0 saturated heterocycles. The average Bonchev–Trinajstić information content (AvgIpc) is 3.29. The third-order valence-electron chi connectivity index (χ3n) is 5.25. The van der Waals surface area contributed by atoms with E-state index in [0.29, 0.717) is 29.1 Å². The highest BCUT2D eigenvalue weighted by Crippen LogP contribution is 2.30. The molecule has 3 amide bonds. The summed E-state index contributed by atoms with van der Waals surface area (Å²) in [6, 6.07) is 13.7. The van der Waals surface area contributed by atoms with Gasteiger partial charge in [-0.25, -0.2) is 13.2 Å². The lowest BCUT2D eigenvalue weighted by atomic mass is 10.0. The minimum atomic E-state index is -3.48. The minimum Gasteiger partial charge on any atom is -0.341 e. The van der Waals surface area contributed by atoms with E-state index >= 15 is 0 Å². The normalized spacial score (nSPS) is 13.4. The van der Waals surface area contributed by atoms with Crippen molar-refractivity contribution in [3.8, 4) is 11.3 Å². The first kappa shape index (κ1) is 21.6. The molecule has 1 aliphatic heterocycles. The maximum absolute atomic E-state index is 12.9. The van der Waals surface area contributed by atoms with E-state index in [-0.39, 0.29) is 11.9 Å². The van der Waals surface area contributed by atoms with Crippen LogP contribution in [0.2, 0.25) is 0 Å². The van der Waals surface area contributed by atoms with E-state index in [0.717, 1.165) is 34.4 Å². The molecule has 10 heteroatoms. The van der Waals surface area contributed by atoms with Crippen LogP contribution in [0.4, 0.5) is 16.2 Å². The van der Waals surface area contributed by atoms with Crippen LogP contribution < -0.4 is 15.5 Å². The second-order valence-electron chi connectivity index (χ2n) is 7.53. The highest BCUT2D eigenvalue weighted by Gasteiger charge is 2.22. The van der Waals surface area contributed by atoms with Gasteiger partial charge in [0.05, 0.1) is 17.6 Å². The van der Waals surface area contributed by atoms with Crippen molar-refractivity contribution in [1.29, 1.82) is 0 Å². The van der Waals surface area contributed by atoms with E-state index < -0.39 is 10.0 Å². The fourth-order valence-corrected chi connectivity index (χ4v) is 4.19. The number of nitrogens with zero attached hydrogens (tertiary/aromatic N) is 3. The van der Waals surface area contributed by atoms with E-state index in [1.54, 1.807) is 48.3 Å². The van der Waals surface area contributed by atoms with Gasteiger partial charge in [0.2, 0.25) is 0 Å². The number of rotatable bonds is 4. The number of fused-ring (bicyclic) bond motifs is 1. The largest absolute Gasteiger partial charge is 0.341 e. The highest BCUT2D eigenvalue weighted by molar-refractivity contribution is 7.89. The van der Waals surface area contributed by atoms with E-state index in [1.807, 2.05) is 12.1 Å². The molecule has 0 saturated carbocycles. The molecule has 2 heterocycles. The van der Waals surface area contributed by atoms with Gasteiger partial charge < -0.3 is 10.6 Å². The summed E-state index contributed by atoms with van der Waals surface area (Å²) < 4.78 is 24.2. The van der Waals surface area contributed by atoms with Crippen LogP contribution >= 0.6 is 0 Å². The SMILES string of the molecule is CNC(=O)N1CCCc2ccc(NC(=O)c3cccc(-c4ccn(S(C)(=O)=O)n4)c3)cc21. The summed E-state index contributed by atoms with van der Waals surface area (Å²) in [6.45, 7) is 0.617. The molecule has 0 bridgehead atoms. The quantitative estimate of drug-likeness (QED) is 0.631. The number of benzene rings is 2. The second kappa shape index (κ2) is 8.46. The fraction of sp³-hybridized carbons (Fsp3) is 0.227. The Kier molecular flexibility index (Phi) is 5.70. The summed E-state index contributed by atoms with van der Waals surface area (Å²) in [7, 11) is -1.89. The van der Waals surface area contributed by atoms with Gasteiger partial charge in [-0.3, -0.25) is 9.69 Å². The first-order chi connectivity index (χ1) is 15.3. The standard InChI is InChI=1S/C22H23N5O4S/c1-23-22(29)26-11-4-7-15-8-9-18(14-20(15)26)24-21(28)17-6-3-5-16(13-17)19-10-12-27(25-19)32(2,30)31/h3,5-6,8-10,12-14H,4,7,11H2,1-2H3,(H,23,29)(H,24,28). The molecule has 32 heavy (non-hydrogen) atoms. The zero-order chi connectivity index (χ0) is 22.9. The molecule has 0 aliphatic carbocycles. The number of nitrogens with one attached hydrogen (secondary N) is 2. The van der Waals surface area contributed by atoms with Crippen molar-refractivity contribution in [3.05, 3.63) is 65.9 Å². The fourth-order valence-electron chi connectivity index (χ4n) is 3.67. The zero-order valence-corrected chi connectivity index (χ0v) is 18.5. The number of aryl methyl sites for hydroxylation is 1. The third-order valence-corrected chi connectivity index (χ3v) is 6.13. The van der Waals surface area contributed by atoms with Crippen molar-refractivity contribution in [3.63, 3.8) is 0 Å². The average molecular weight is 454 g/mol.